The Kier molecular flexibility index (Phi) is 4.82. The molecule has 0 aliphatic carbocycles. The molecule has 130 valence electrons. The number of imidazole rings is 1. The Morgan fingerprint density at radius 2 is 2.48 bits per heavy atom. The Morgan fingerprint density at radius 3 is 3.28 bits per heavy atom. The highest BCUT2D eigenvalue weighted by Crippen LogP contribution is 2.38. The van der Waals surface area contributed by atoms with Crippen molar-refractivity contribution in [2.75, 3.05) is 16.8 Å². The molecule has 0 bridgehead atoms. The van der Waals surface area contributed by atoms with Crippen LogP contribution in [0.2, 0.25) is 0 Å². The number of fused-ring (bicyclic) bond motifs is 1. The zero-order valence-corrected chi connectivity index (χ0v) is 15.7. The number of anilines is 1. The Morgan fingerprint density at radius 1 is 1.56 bits per heavy atom. The molecule has 0 radical (unpaired) electrons. The second-order valence-electron chi connectivity index (χ2n) is 5.58. The van der Waals surface area contributed by atoms with Crippen molar-refractivity contribution in [3.63, 3.8) is 0 Å². The molecule has 0 spiro atoms. The van der Waals surface area contributed by atoms with Gasteiger partial charge in [0.05, 0.1) is 5.69 Å². The summed E-state index contributed by atoms with van der Waals surface area (Å²) in [6, 6.07) is -0.235. The highest BCUT2D eigenvalue weighted by Gasteiger charge is 2.48. The molecule has 2 N–H and O–H groups in total. The largest absolute Gasteiger partial charge is 0.341 e. The first-order chi connectivity index (χ1) is 12.2. The van der Waals surface area contributed by atoms with Crippen LogP contribution in [0.25, 0.3) is 0 Å². The van der Waals surface area contributed by atoms with Gasteiger partial charge in [0.15, 0.2) is 4.34 Å². The lowest BCUT2D eigenvalue weighted by Crippen LogP contribution is -2.65. The number of H-pyrrole nitrogens is 1. The van der Waals surface area contributed by atoms with E-state index in [1.165, 1.54) is 16.9 Å². The normalized spacial score (nSPS) is 22.2. The Labute approximate surface area is 157 Å². The predicted octanol–water partition coefficient (Wildman–Crippen LogP) is 2.36. The summed E-state index contributed by atoms with van der Waals surface area (Å²) in [4.78, 5) is 21.7. The number of β-lactam (4-membered cyclic amide) rings is 1. The fraction of sp³-hybridized carbons (Fsp3) is 0.333. The number of amides is 1. The van der Waals surface area contributed by atoms with Crippen LogP contribution >= 0.6 is 34.9 Å². The molecule has 10 heteroatoms. The summed E-state index contributed by atoms with van der Waals surface area (Å²) in [5, 5.41) is 11.2. The van der Waals surface area contributed by atoms with Crippen LogP contribution in [-0.2, 0) is 11.2 Å². The van der Waals surface area contributed by atoms with Crippen LogP contribution in [0, 0.1) is 0 Å². The summed E-state index contributed by atoms with van der Waals surface area (Å²) < 4.78 is 0.954. The quantitative estimate of drug-likeness (QED) is 0.425. The number of rotatable bonds is 7. The van der Waals surface area contributed by atoms with Crippen molar-refractivity contribution >= 4 is 46.7 Å². The molecule has 0 aromatic carbocycles. The van der Waals surface area contributed by atoms with Crippen LogP contribution in [0.15, 0.2) is 40.5 Å². The van der Waals surface area contributed by atoms with E-state index < -0.39 is 0 Å². The molecule has 2 aromatic rings. The maximum absolute atomic E-state index is 12.4. The minimum atomic E-state index is -0.235. The van der Waals surface area contributed by atoms with E-state index in [4.69, 9.17) is 0 Å². The minimum Gasteiger partial charge on any atom is -0.341 e. The summed E-state index contributed by atoms with van der Waals surface area (Å²) >= 11 is 4.97. The molecule has 2 aromatic heterocycles. The molecule has 4 rings (SSSR count). The third-order valence-electron chi connectivity index (χ3n) is 3.84. The zero-order chi connectivity index (χ0) is 17.2. The van der Waals surface area contributed by atoms with Crippen LogP contribution < -0.4 is 5.32 Å². The van der Waals surface area contributed by atoms with E-state index in [2.05, 4.69) is 32.1 Å². The van der Waals surface area contributed by atoms with Crippen molar-refractivity contribution in [1.29, 1.82) is 0 Å². The summed E-state index contributed by atoms with van der Waals surface area (Å²) in [6.45, 7) is 3.70. The number of carbonyl (C=O) groups excluding carboxylic acids is 1. The van der Waals surface area contributed by atoms with Gasteiger partial charge < -0.3 is 15.2 Å². The number of carbonyl (C=O) groups is 1. The van der Waals surface area contributed by atoms with Crippen molar-refractivity contribution in [2.45, 2.75) is 22.2 Å². The van der Waals surface area contributed by atoms with E-state index >= 15 is 0 Å². The van der Waals surface area contributed by atoms with Gasteiger partial charge in [0, 0.05) is 30.3 Å². The maximum Gasteiger partial charge on any atom is 0.253 e. The van der Waals surface area contributed by atoms with E-state index in [9.17, 15) is 4.79 Å². The first-order valence-electron chi connectivity index (χ1n) is 7.68. The topological polar surface area (TPSA) is 86.8 Å². The molecular formula is C15H16N6OS3. The highest BCUT2D eigenvalue weighted by atomic mass is 32.2. The van der Waals surface area contributed by atoms with Crippen molar-refractivity contribution in [1.82, 2.24) is 25.1 Å². The molecule has 1 saturated heterocycles. The second-order valence-corrected chi connectivity index (χ2v) is 8.74. The van der Waals surface area contributed by atoms with Gasteiger partial charge in [-0.2, -0.15) is 0 Å². The molecule has 2 atom stereocenters. The molecule has 1 fully saturated rings. The molecule has 25 heavy (non-hydrogen) atoms. The Balaban J connectivity index is 1.35. The standard InChI is InChI=1S/C15H16N6OS3/c1-2-3-10-4-16-14(18-10)19-11-12(22)21-5-9(6-23-13(11)21)7-24-15-20-17-8-25-15/h2,4-5,8,11,13H,1,3,6-7H2,(H2,16,18,19)/t11?,13-/m0/s1. The molecule has 1 amide bonds. The molecule has 0 saturated carbocycles. The van der Waals surface area contributed by atoms with E-state index in [1.807, 2.05) is 17.3 Å². The van der Waals surface area contributed by atoms with Crippen LogP contribution in [0.5, 0.6) is 0 Å². The van der Waals surface area contributed by atoms with Gasteiger partial charge >= 0.3 is 0 Å². The highest BCUT2D eigenvalue weighted by molar-refractivity contribution is 8.01. The molecular weight excluding hydrogens is 376 g/mol. The van der Waals surface area contributed by atoms with Crippen molar-refractivity contribution < 1.29 is 4.79 Å². The lowest BCUT2D eigenvalue weighted by molar-refractivity contribution is -0.139. The zero-order valence-electron chi connectivity index (χ0n) is 13.2. The molecule has 2 aliphatic rings. The van der Waals surface area contributed by atoms with Crippen molar-refractivity contribution in [3.8, 4) is 0 Å². The smallest absolute Gasteiger partial charge is 0.253 e. The summed E-state index contributed by atoms with van der Waals surface area (Å²) in [7, 11) is 0. The Hall–Kier alpha value is -1.78. The van der Waals surface area contributed by atoms with Gasteiger partial charge in [0.2, 0.25) is 5.95 Å². The number of hydrogen-bond acceptors (Lipinski definition) is 8. The first kappa shape index (κ1) is 16.7. The second kappa shape index (κ2) is 7.22. The summed E-state index contributed by atoms with van der Waals surface area (Å²) in [6.07, 6.45) is 6.33. The third kappa shape index (κ3) is 3.46. The van der Waals surface area contributed by atoms with Gasteiger partial charge in [-0.25, -0.2) is 4.98 Å². The lowest BCUT2D eigenvalue weighted by atomic mass is 10.1. The van der Waals surface area contributed by atoms with E-state index in [0.29, 0.717) is 12.4 Å². The predicted molar refractivity (Wildman–Crippen MR) is 102 cm³/mol. The molecule has 4 heterocycles. The molecule has 2 aliphatic heterocycles. The average Bonchev–Trinajstić information content (AvgIpc) is 3.30. The van der Waals surface area contributed by atoms with Crippen LogP contribution in [0.1, 0.15) is 5.69 Å². The third-order valence-corrected chi connectivity index (χ3v) is 7.19. The van der Waals surface area contributed by atoms with Gasteiger partial charge in [0.1, 0.15) is 16.9 Å². The number of allylic oxidation sites excluding steroid dienone is 1. The van der Waals surface area contributed by atoms with Crippen LogP contribution in [-0.4, -0.2) is 53.9 Å². The number of aromatic amines is 1. The van der Waals surface area contributed by atoms with Gasteiger partial charge in [-0.15, -0.1) is 28.5 Å². The summed E-state index contributed by atoms with van der Waals surface area (Å²) in [5.74, 6) is 2.47. The first-order valence-corrected chi connectivity index (χ1v) is 10.6. The number of nitrogens with one attached hydrogen (secondary N) is 2. The molecule has 7 nitrogen and oxygen atoms in total. The van der Waals surface area contributed by atoms with Gasteiger partial charge in [-0.3, -0.25) is 4.79 Å². The number of aromatic nitrogens is 4. The minimum absolute atomic E-state index is 0.0808. The fourth-order valence-corrected chi connectivity index (χ4v) is 5.49. The monoisotopic (exact) mass is 392 g/mol. The van der Waals surface area contributed by atoms with Gasteiger partial charge in [0.25, 0.3) is 5.91 Å². The summed E-state index contributed by atoms with van der Waals surface area (Å²) in [5.41, 5.74) is 3.87. The molecule has 1 unspecified atom stereocenters. The lowest BCUT2D eigenvalue weighted by Gasteiger charge is -2.47. The fourth-order valence-electron chi connectivity index (χ4n) is 2.65. The van der Waals surface area contributed by atoms with Crippen molar-refractivity contribution in [2.24, 2.45) is 0 Å². The van der Waals surface area contributed by atoms with Gasteiger partial charge in [-0.1, -0.05) is 29.2 Å². The number of nitrogens with zero attached hydrogens (tertiary/aromatic N) is 4. The van der Waals surface area contributed by atoms with E-state index in [0.717, 1.165) is 21.5 Å². The van der Waals surface area contributed by atoms with Crippen molar-refractivity contribution in [3.05, 3.63) is 41.8 Å². The Bertz CT molecular complexity index is 802. The average molecular weight is 393 g/mol. The number of thioether (sulfide) groups is 2. The maximum atomic E-state index is 12.4. The SMILES string of the molecule is C=CCc1c[nH]c(NC2C(=O)N3C=C(CSc4nncs4)CS[C@@H]23)n1. The van der Waals surface area contributed by atoms with Crippen LogP contribution in [0.4, 0.5) is 5.95 Å². The number of hydrogen-bond donors (Lipinski definition) is 2. The van der Waals surface area contributed by atoms with Crippen LogP contribution in [0.3, 0.4) is 0 Å². The van der Waals surface area contributed by atoms with Gasteiger partial charge in [-0.05, 0) is 5.57 Å². The van der Waals surface area contributed by atoms with E-state index in [-0.39, 0.29) is 17.3 Å². The van der Waals surface area contributed by atoms with E-state index in [1.54, 1.807) is 35.1 Å².